The van der Waals surface area contributed by atoms with Crippen LogP contribution in [0.5, 0.6) is 0 Å². The highest BCUT2D eigenvalue weighted by Crippen LogP contribution is 2.38. The van der Waals surface area contributed by atoms with Gasteiger partial charge < -0.3 is 10.3 Å². The molecule has 87 valence electrons. The largest absolute Gasteiger partial charge is 0.362 e. The summed E-state index contributed by atoms with van der Waals surface area (Å²) in [6.45, 7) is 0. The minimum atomic E-state index is -0.0525. The summed E-state index contributed by atoms with van der Waals surface area (Å²) in [6.07, 6.45) is 3.70. The van der Waals surface area contributed by atoms with Crippen molar-refractivity contribution in [1.82, 2.24) is 4.98 Å². The fourth-order valence-electron chi connectivity index (χ4n) is 1.68. The van der Waals surface area contributed by atoms with Crippen LogP contribution in [0.2, 0.25) is 0 Å². The van der Waals surface area contributed by atoms with Crippen LogP contribution in [0.15, 0.2) is 52.4 Å². The summed E-state index contributed by atoms with van der Waals surface area (Å²) in [5, 5.41) is 2.88. The van der Waals surface area contributed by atoms with Gasteiger partial charge in [-0.1, -0.05) is 23.9 Å². The van der Waals surface area contributed by atoms with Gasteiger partial charge >= 0.3 is 0 Å². The summed E-state index contributed by atoms with van der Waals surface area (Å²) in [6, 6.07) is 11.6. The number of thioether (sulfide) groups is 1. The monoisotopic (exact) mass is 253 g/mol. The van der Waals surface area contributed by atoms with Gasteiger partial charge in [0.25, 0.3) is 5.91 Å². The Labute approximate surface area is 111 Å². The van der Waals surface area contributed by atoms with Crippen molar-refractivity contribution in [2.45, 2.75) is 4.90 Å². The molecule has 3 radical (unpaired) electrons. The zero-order valence-corrected chi connectivity index (χ0v) is 10.3. The zero-order chi connectivity index (χ0) is 11.7. The van der Waals surface area contributed by atoms with Crippen LogP contribution < -0.4 is 5.32 Å². The van der Waals surface area contributed by atoms with E-state index in [4.69, 9.17) is 0 Å². The SMILES string of the molecule is O=C1Nc2ccccc2S/C1=C/c1ccc[nH]1.[B]. The maximum atomic E-state index is 11.9. The topological polar surface area (TPSA) is 44.9 Å². The van der Waals surface area contributed by atoms with Gasteiger partial charge in [-0.15, -0.1) is 0 Å². The van der Waals surface area contributed by atoms with E-state index in [1.165, 1.54) is 11.8 Å². The van der Waals surface area contributed by atoms with Crippen molar-refractivity contribution in [3.8, 4) is 0 Å². The lowest BCUT2D eigenvalue weighted by molar-refractivity contribution is -0.112. The van der Waals surface area contributed by atoms with Crippen LogP contribution in [-0.2, 0) is 4.79 Å². The van der Waals surface area contributed by atoms with Gasteiger partial charge in [-0.3, -0.25) is 4.79 Å². The van der Waals surface area contributed by atoms with E-state index in [2.05, 4.69) is 10.3 Å². The molecule has 2 aromatic rings. The number of nitrogens with one attached hydrogen (secondary N) is 2. The average Bonchev–Trinajstić information content (AvgIpc) is 2.83. The lowest BCUT2D eigenvalue weighted by Gasteiger charge is -2.17. The molecule has 0 saturated carbocycles. The number of carbonyl (C=O) groups is 1. The number of benzene rings is 1. The Morgan fingerprint density at radius 3 is 2.72 bits per heavy atom. The Bertz CT molecular complexity index is 593. The molecule has 1 aliphatic heterocycles. The highest BCUT2D eigenvalue weighted by molar-refractivity contribution is 8.04. The molecule has 0 saturated heterocycles. The second kappa shape index (κ2) is 5.18. The van der Waals surface area contributed by atoms with Crippen LogP contribution in [0.1, 0.15) is 5.69 Å². The maximum Gasteiger partial charge on any atom is 0.262 e. The van der Waals surface area contributed by atoms with Crippen LogP contribution in [0.4, 0.5) is 5.69 Å². The summed E-state index contributed by atoms with van der Waals surface area (Å²) in [4.78, 5) is 16.7. The van der Waals surface area contributed by atoms with Crippen molar-refractivity contribution in [2.75, 3.05) is 5.32 Å². The highest BCUT2D eigenvalue weighted by atomic mass is 32.2. The van der Waals surface area contributed by atoms with Crippen LogP contribution in [0.3, 0.4) is 0 Å². The first kappa shape index (κ1) is 12.6. The number of rotatable bonds is 1. The number of para-hydroxylation sites is 1. The first-order valence-electron chi connectivity index (χ1n) is 5.26. The van der Waals surface area contributed by atoms with Crippen molar-refractivity contribution in [3.63, 3.8) is 0 Å². The molecule has 2 heterocycles. The quantitative estimate of drug-likeness (QED) is 0.606. The Morgan fingerprint density at radius 2 is 1.94 bits per heavy atom. The molecule has 1 aromatic heterocycles. The summed E-state index contributed by atoms with van der Waals surface area (Å²) in [5.41, 5.74) is 1.81. The number of carbonyl (C=O) groups excluding carboxylic acids is 1. The Hall–Kier alpha value is -1.88. The van der Waals surface area contributed by atoms with E-state index >= 15 is 0 Å². The lowest BCUT2D eigenvalue weighted by Crippen LogP contribution is -2.17. The normalized spacial score (nSPS) is 15.8. The summed E-state index contributed by atoms with van der Waals surface area (Å²) in [7, 11) is 0. The predicted octanol–water partition coefficient (Wildman–Crippen LogP) is 2.72. The van der Waals surface area contributed by atoms with Crippen LogP contribution in [0, 0.1) is 0 Å². The van der Waals surface area contributed by atoms with Gasteiger partial charge in [0, 0.05) is 25.2 Å². The second-order valence-corrected chi connectivity index (χ2v) is 4.77. The fourth-order valence-corrected chi connectivity index (χ4v) is 2.62. The Kier molecular flexibility index (Phi) is 3.62. The smallest absolute Gasteiger partial charge is 0.262 e. The van der Waals surface area contributed by atoms with E-state index < -0.39 is 0 Å². The number of fused-ring (bicyclic) bond motifs is 1. The number of amides is 1. The van der Waals surface area contributed by atoms with Gasteiger partial charge in [-0.25, -0.2) is 0 Å². The van der Waals surface area contributed by atoms with E-state index in [0.717, 1.165) is 16.3 Å². The number of aromatic nitrogens is 1. The predicted molar refractivity (Wildman–Crippen MR) is 75.5 cm³/mol. The minimum Gasteiger partial charge on any atom is -0.362 e. The molecule has 5 heteroatoms. The van der Waals surface area contributed by atoms with Gasteiger partial charge in [-0.2, -0.15) is 0 Å². The average molecular weight is 253 g/mol. The van der Waals surface area contributed by atoms with Crippen molar-refractivity contribution < 1.29 is 4.79 Å². The second-order valence-electron chi connectivity index (χ2n) is 3.69. The lowest BCUT2D eigenvalue weighted by atomic mass is 10.3. The molecule has 3 nitrogen and oxygen atoms in total. The molecular weight excluding hydrogens is 243 g/mol. The van der Waals surface area contributed by atoms with E-state index in [0.29, 0.717) is 4.91 Å². The number of H-pyrrole nitrogens is 1. The van der Waals surface area contributed by atoms with Gasteiger partial charge in [-0.05, 0) is 30.3 Å². The van der Waals surface area contributed by atoms with Gasteiger partial charge in [0.15, 0.2) is 0 Å². The number of hydrogen-bond acceptors (Lipinski definition) is 2. The first-order valence-corrected chi connectivity index (χ1v) is 6.08. The molecule has 0 bridgehead atoms. The molecule has 0 aliphatic carbocycles. The van der Waals surface area contributed by atoms with Crippen molar-refractivity contribution in [1.29, 1.82) is 0 Å². The maximum absolute atomic E-state index is 11.9. The number of aromatic amines is 1. The standard InChI is InChI=1S/C13H10N2OS.B/c16-13-12(8-9-4-3-7-14-9)17-11-6-2-1-5-10(11)15-13;/h1-8,14H,(H,15,16);/b12-8+;. The van der Waals surface area contributed by atoms with Crippen molar-refractivity contribution >= 4 is 37.8 Å². The summed E-state index contributed by atoms with van der Waals surface area (Å²) in [5.74, 6) is -0.0525. The molecule has 1 amide bonds. The van der Waals surface area contributed by atoms with Gasteiger partial charge in [0.2, 0.25) is 0 Å². The van der Waals surface area contributed by atoms with Crippen molar-refractivity contribution in [2.24, 2.45) is 0 Å². The summed E-state index contributed by atoms with van der Waals surface area (Å²) < 4.78 is 0. The third-order valence-electron chi connectivity index (χ3n) is 2.49. The van der Waals surface area contributed by atoms with Crippen LogP contribution in [0.25, 0.3) is 6.08 Å². The zero-order valence-electron chi connectivity index (χ0n) is 9.51. The van der Waals surface area contributed by atoms with E-state index in [1.54, 1.807) is 0 Å². The van der Waals surface area contributed by atoms with E-state index in [1.807, 2.05) is 48.7 Å². The molecule has 1 aliphatic rings. The molecule has 0 fully saturated rings. The Morgan fingerprint density at radius 1 is 1.11 bits per heavy atom. The first-order chi connectivity index (χ1) is 8.33. The van der Waals surface area contributed by atoms with Crippen LogP contribution in [-0.4, -0.2) is 19.3 Å². The third kappa shape index (κ3) is 2.36. The number of anilines is 1. The van der Waals surface area contributed by atoms with Crippen molar-refractivity contribution in [3.05, 3.63) is 53.2 Å². The fraction of sp³-hybridized carbons (Fsp3) is 0. The molecule has 1 aromatic carbocycles. The number of hydrogen-bond donors (Lipinski definition) is 2. The highest BCUT2D eigenvalue weighted by Gasteiger charge is 2.20. The van der Waals surface area contributed by atoms with Crippen LogP contribution >= 0.6 is 11.8 Å². The summed E-state index contributed by atoms with van der Waals surface area (Å²) >= 11 is 1.49. The molecule has 0 atom stereocenters. The Balaban J connectivity index is 0.00000120. The molecule has 0 spiro atoms. The molecule has 2 N–H and O–H groups in total. The molecule has 18 heavy (non-hydrogen) atoms. The van der Waals surface area contributed by atoms with Gasteiger partial charge in [0.05, 0.1) is 10.6 Å². The molecule has 3 rings (SSSR count). The van der Waals surface area contributed by atoms with E-state index in [-0.39, 0.29) is 14.3 Å². The molecule has 0 unspecified atom stereocenters. The van der Waals surface area contributed by atoms with E-state index in [9.17, 15) is 4.79 Å². The van der Waals surface area contributed by atoms with Gasteiger partial charge in [0.1, 0.15) is 0 Å². The third-order valence-corrected chi connectivity index (χ3v) is 3.59. The molecular formula is C13H10BN2OS. The minimum absolute atomic E-state index is 0.